The molecule has 1 aliphatic heterocycles. The first-order valence-electron chi connectivity index (χ1n) is 6.06. The van der Waals surface area contributed by atoms with Crippen molar-refractivity contribution in [3.63, 3.8) is 0 Å². The lowest BCUT2D eigenvalue weighted by Gasteiger charge is -2.28. The Morgan fingerprint density at radius 2 is 1.80 bits per heavy atom. The van der Waals surface area contributed by atoms with Crippen molar-refractivity contribution < 1.29 is 4.74 Å². The van der Waals surface area contributed by atoms with Gasteiger partial charge in [-0.25, -0.2) is 0 Å². The third-order valence-corrected chi connectivity index (χ3v) is 3.22. The normalized spacial score (nSPS) is 17.2. The Kier molecular flexibility index (Phi) is 2.99. The maximum absolute atomic E-state index is 6.18. The van der Waals surface area contributed by atoms with E-state index in [1.807, 2.05) is 0 Å². The van der Waals surface area contributed by atoms with E-state index >= 15 is 0 Å². The van der Waals surface area contributed by atoms with Gasteiger partial charge in [0.15, 0.2) is 0 Å². The smallest absolute Gasteiger partial charge is 0.123 e. The van der Waals surface area contributed by atoms with Crippen molar-refractivity contribution in [2.24, 2.45) is 0 Å². The summed E-state index contributed by atoms with van der Waals surface area (Å²) in [4.78, 5) is 0. The summed E-state index contributed by atoms with van der Waals surface area (Å²) in [6.45, 7) is 4.48. The fourth-order valence-electron chi connectivity index (χ4n) is 2.68. The minimum atomic E-state index is 0.104. The molecule has 0 saturated carbocycles. The summed E-state index contributed by atoms with van der Waals surface area (Å²) < 4.78 is 6.18. The van der Waals surface area contributed by atoms with E-state index in [0.717, 1.165) is 12.2 Å². The van der Waals surface area contributed by atoms with E-state index < -0.39 is 0 Å². The van der Waals surface area contributed by atoms with Gasteiger partial charge in [0.1, 0.15) is 11.4 Å². The van der Waals surface area contributed by atoms with E-state index in [1.165, 1.54) is 31.2 Å². The third kappa shape index (κ3) is 2.01. The Hall–Kier alpha value is -0.980. The van der Waals surface area contributed by atoms with Crippen LogP contribution in [0.15, 0.2) is 24.3 Å². The van der Waals surface area contributed by atoms with E-state index in [9.17, 15) is 0 Å². The van der Waals surface area contributed by atoms with Crippen LogP contribution >= 0.6 is 0 Å². The van der Waals surface area contributed by atoms with Gasteiger partial charge >= 0.3 is 0 Å². The lowest BCUT2D eigenvalue weighted by Crippen LogP contribution is -2.33. The van der Waals surface area contributed by atoms with Gasteiger partial charge in [0.05, 0.1) is 0 Å². The standard InChI is InChI=1S/C14H20O/c1-3-9-14(10-4-2)11-12-7-5-6-8-13(12)15-14/h5-8H,3-4,9-11H2,1-2H3. The first-order chi connectivity index (χ1) is 7.29. The van der Waals surface area contributed by atoms with E-state index in [-0.39, 0.29) is 5.60 Å². The predicted molar refractivity (Wildman–Crippen MR) is 63.3 cm³/mol. The zero-order chi connectivity index (χ0) is 10.7. The van der Waals surface area contributed by atoms with Crippen LogP contribution in [-0.2, 0) is 6.42 Å². The zero-order valence-electron chi connectivity index (χ0n) is 9.75. The number of hydrogen-bond acceptors (Lipinski definition) is 1. The van der Waals surface area contributed by atoms with Crippen LogP contribution in [0.1, 0.15) is 45.1 Å². The van der Waals surface area contributed by atoms with Crippen LogP contribution < -0.4 is 4.74 Å². The first kappa shape index (κ1) is 10.5. The SMILES string of the molecule is CCCC1(CCC)Cc2ccccc2O1. The van der Waals surface area contributed by atoms with Crippen LogP contribution in [-0.4, -0.2) is 5.60 Å². The Labute approximate surface area is 92.5 Å². The molecule has 0 saturated heterocycles. The second-order valence-corrected chi connectivity index (χ2v) is 4.57. The molecule has 2 rings (SSSR count). The number of para-hydroxylation sites is 1. The van der Waals surface area contributed by atoms with Gasteiger partial charge in [0, 0.05) is 6.42 Å². The number of rotatable bonds is 4. The van der Waals surface area contributed by atoms with Gasteiger partial charge in [-0.15, -0.1) is 0 Å². The molecule has 1 heterocycles. The van der Waals surface area contributed by atoms with Gasteiger partial charge in [0.25, 0.3) is 0 Å². The first-order valence-corrected chi connectivity index (χ1v) is 6.06. The highest BCUT2D eigenvalue weighted by atomic mass is 16.5. The van der Waals surface area contributed by atoms with E-state index in [2.05, 4.69) is 38.1 Å². The van der Waals surface area contributed by atoms with Crippen molar-refractivity contribution in [3.8, 4) is 5.75 Å². The van der Waals surface area contributed by atoms with E-state index in [0.29, 0.717) is 0 Å². The average molecular weight is 204 g/mol. The third-order valence-electron chi connectivity index (χ3n) is 3.22. The Bertz CT molecular complexity index is 297. The number of ether oxygens (including phenoxy) is 1. The molecule has 82 valence electrons. The summed E-state index contributed by atoms with van der Waals surface area (Å²) in [5.41, 5.74) is 1.49. The minimum Gasteiger partial charge on any atom is -0.487 e. The number of benzene rings is 1. The Morgan fingerprint density at radius 3 is 2.40 bits per heavy atom. The van der Waals surface area contributed by atoms with Crippen molar-refractivity contribution in [2.75, 3.05) is 0 Å². The lowest BCUT2D eigenvalue weighted by molar-refractivity contribution is 0.0730. The Balaban J connectivity index is 2.19. The largest absolute Gasteiger partial charge is 0.487 e. The van der Waals surface area contributed by atoms with Gasteiger partial charge in [-0.1, -0.05) is 44.9 Å². The summed E-state index contributed by atoms with van der Waals surface area (Å²) in [6, 6.07) is 8.47. The molecule has 15 heavy (non-hydrogen) atoms. The van der Waals surface area contributed by atoms with Crippen molar-refractivity contribution in [1.82, 2.24) is 0 Å². The molecule has 1 aromatic rings. The Morgan fingerprint density at radius 1 is 1.13 bits per heavy atom. The van der Waals surface area contributed by atoms with Gasteiger partial charge in [-0.2, -0.15) is 0 Å². The molecule has 1 aliphatic rings. The predicted octanol–water partition coefficient (Wildman–Crippen LogP) is 3.96. The summed E-state index contributed by atoms with van der Waals surface area (Å²) in [5.74, 6) is 1.11. The molecular formula is C14H20O. The topological polar surface area (TPSA) is 9.23 Å². The van der Waals surface area contributed by atoms with Crippen molar-refractivity contribution >= 4 is 0 Å². The van der Waals surface area contributed by atoms with Gasteiger partial charge in [0.2, 0.25) is 0 Å². The molecule has 0 unspecified atom stereocenters. The molecule has 0 amide bonds. The van der Waals surface area contributed by atoms with Crippen molar-refractivity contribution in [3.05, 3.63) is 29.8 Å². The molecule has 0 N–H and O–H groups in total. The van der Waals surface area contributed by atoms with E-state index in [4.69, 9.17) is 4.74 Å². The molecule has 0 fully saturated rings. The maximum Gasteiger partial charge on any atom is 0.123 e. The molecule has 1 aromatic carbocycles. The molecule has 0 bridgehead atoms. The van der Waals surface area contributed by atoms with E-state index in [1.54, 1.807) is 0 Å². The monoisotopic (exact) mass is 204 g/mol. The zero-order valence-corrected chi connectivity index (χ0v) is 9.75. The average Bonchev–Trinajstić information content (AvgIpc) is 2.56. The summed E-state index contributed by atoms with van der Waals surface area (Å²) in [6.07, 6.45) is 5.86. The quantitative estimate of drug-likeness (QED) is 0.721. The number of hydrogen-bond donors (Lipinski definition) is 0. The highest BCUT2D eigenvalue weighted by Crippen LogP contribution is 2.40. The molecule has 0 spiro atoms. The van der Waals surface area contributed by atoms with Crippen LogP contribution in [0.5, 0.6) is 5.75 Å². The van der Waals surface area contributed by atoms with Gasteiger partial charge in [-0.05, 0) is 24.5 Å². The fourth-order valence-corrected chi connectivity index (χ4v) is 2.68. The minimum absolute atomic E-state index is 0.104. The van der Waals surface area contributed by atoms with Crippen LogP contribution in [0.25, 0.3) is 0 Å². The molecule has 1 nitrogen and oxygen atoms in total. The highest BCUT2D eigenvalue weighted by molar-refractivity contribution is 5.39. The van der Waals surface area contributed by atoms with Gasteiger partial charge in [-0.3, -0.25) is 0 Å². The molecule has 0 aliphatic carbocycles. The summed E-state index contributed by atoms with van der Waals surface area (Å²) in [7, 11) is 0. The maximum atomic E-state index is 6.18. The van der Waals surface area contributed by atoms with Gasteiger partial charge < -0.3 is 4.74 Å². The summed E-state index contributed by atoms with van der Waals surface area (Å²) in [5, 5.41) is 0. The van der Waals surface area contributed by atoms with Crippen LogP contribution in [0.3, 0.4) is 0 Å². The van der Waals surface area contributed by atoms with Crippen LogP contribution in [0.2, 0.25) is 0 Å². The van der Waals surface area contributed by atoms with Crippen molar-refractivity contribution in [2.45, 2.75) is 51.6 Å². The molecule has 0 atom stereocenters. The van der Waals surface area contributed by atoms with Crippen LogP contribution in [0, 0.1) is 0 Å². The second kappa shape index (κ2) is 4.26. The lowest BCUT2D eigenvalue weighted by atomic mass is 9.88. The summed E-state index contributed by atoms with van der Waals surface area (Å²) >= 11 is 0. The number of fused-ring (bicyclic) bond motifs is 1. The van der Waals surface area contributed by atoms with Crippen LogP contribution in [0.4, 0.5) is 0 Å². The molecule has 1 heteroatoms. The highest BCUT2D eigenvalue weighted by Gasteiger charge is 2.37. The second-order valence-electron chi connectivity index (χ2n) is 4.57. The molecule has 0 aromatic heterocycles. The molecular weight excluding hydrogens is 184 g/mol. The molecule has 0 radical (unpaired) electrons. The fraction of sp³-hybridized carbons (Fsp3) is 0.571. The van der Waals surface area contributed by atoms with Crippen molar-refractivity contribution in [1.29, 1.82) is 0 Å².